The normalized spacial score (nSPS) is 31.9. The summed E-state index contributed by atoms with van der Waals surface area (Å²) in [6, 6.07) is 0. The number of aliphatic hydroxyl groups excluding tert-OH is 2. The molecular formula is C6H7BrO5. The van der Waals surface area contributed by atoms with E-state index < -0.39 is 30.1 Å². The largest absolute Gasteiger partial charge is 0.450 e. The number of cyclic esters (lactones) is 1. The summed E-state index contributed by atoms with van der Waals surface area (Å²) < 4.78 is 4.42. The van der Waals surface area contributed by atoms with Crippen LogP contribution >= 0.6 is 15.9 Å². The van der Waals surface area contributed by atoms with E-state index in [4.69, 9.17) is 10.2 Å². The van der Waals surface area contributed by atoms with E-state index in [9.17, 15) is 9.59 Å². The first-order chi connectivity index (χ1) is 5.57. The maximum atomic E-state index is 10.7. The third-order valence-corrected chi connectivity index (χ3v) is 2.22. The molecule has 1 rings (SSSR count). The van der Waals surface area contributed by atoms with Gasteiger partial charge in [-0.05, 0) is 0 Å². The van der Waals surface area contributed by atoms with Gasteiger partial charge in [-0.15, -0.1) is 0 Å². The van der Waals surface area contributed by atoms with E-state index in [1.54, 1.807) is 0 Å². The molecule has 0 saturated carbocycles. The van der Waals surface area contributed by atoms with Crippen LogP contribution in [0.1, 0.15) is 0 Å². The first-order valence-corrected chi connectivity index (χ1v) is 4.37. The first kappa shape index (κ1) is 9.63. The van der Waals surface area contributed by atoms with E-state index in [0.717, 1.165) is 0 Å². The molecule has 0 aromatic heterocycles. The second-order valence-corrected chi connectivity index (χ2v) is 3.05. The van der Waals surface area contributed by atoms with Crippen molar-refractivity contribution in [3.05, 3.63) is 0 Å². The summed E-state index contributed by atoms with van der Waals surface area (Å²) >= 11 is 2.93. The highest BCUT2D eigenvalue weighted by atomic mass is 79.9. The lowest BCUT2D eigenvalue weighted by Crippen LogP contribution is -2.37. The molecule has 2 N–H and O–H groups in total. The van der Waals surface area contributed by atoms with Crippen LogP contribution in [0.5, 0.6) is 0 Å². The molecule has 3 unspecified atom stereocenters. The summed E-state index contributed by atoms with van der Waals surface area (Å²) in [4.78, 5) is 21.2. The van der Waals surface area contributed by atoms with Crippen molar-refractivity contribution in [1.29, 1.82) is 0 Å². The standard InChI is InChI=1S/C6H7BrO5/c7-1-2(8)5-3(9)4(10)6(11)12-5/h2-3,5,8-9H,1H2. The minimum atomic E-state index is -1.54. The van der Waals surface area contributed by atoms with Crippen LogP contribution < -0.4 is 0 Å². The maximum Gasteiger partial charge on any atom is 0.378 e. The first-order valence-electron chi connectivity index (χ1n) is 3.25. The fourth-order valence-electron chi connectivity index (χ4n) is 0.893. The van der Waals surface area contributed by atoms with E-state index in [1.165, 1.54) is 0 Å². The summed E-state index contributed by atoms with van der Waals surface area (Å²) in [5.41, 5.74) is 0. The van der Waals surface area contributed by atoms with Gasteiger partial charge in [-0.2, -0.15) is 0 Å². The second-order valence-electron chi connectivity index (χ2n) is 2.40. The van der Waals surface area contributed by atoms with E-state index in [0.29, 0.717) is 0 Å². The number of alkyl halides is 1. The molecule has 12 heavy (non-hydrogen) atoms. The Balaban J connectivity index is 2.70. The quantitative estimate of drug-likeness (QED) is 0.351. The van der Waals surface area contributed by atoms with Gasteiger partial charge in [0.05, 0.1) is 0 Å². The topological polar surface area (TPSA) is 83.8 Å². The van der Waals surface area contributed by atoms with Crippen molar-refractivity contribution in [2.24, 2.45) is 0 Å². The highest BCUT2D eigenvalue weighted by Gasteiger charge is 2.45. The number of halogens is 1. The Morgan fingerprint density at radius 1 is 1.58 bits per heavy atom. The van der Waals surface area contributed by atoms with Crippen LogP contribution in [-0.4, -0.2) is 45.6 Å². The number of aliphatic hydroxyl groups is 2. The number of carbonyl (C=O) groups is 2. The van der Waals surface area contributed by atoms with E-state index in [1.807, 2.05) is 0 Å². The van der Waals surface area contributed by atoms with Gasteiger partial charge in [0, 0.05) is 5.33 Å². The Labute approximate surface area is 76.5 Å². The van der Waals surface area contributed by atoms with Gasteiger partial charge >= 0.3 is 5.97 Å². The summed E-state index contributed by atoms with van der Waals surface area (Å²) in [7, 11) is 0. The number of esters is 1. The monoisotopic (exact) mass is 238 g/mol. The Morgan fingerprint density at radius 2 is 2.17 bits per heavy atom. The number of carbonyl (C=O) groups excluding carboxylic acids is 2. The Bertz CT molecular complexity index is 216. The molecule has 0 spiro atoms. The molecule has 1 saturated heterocycles. The van der Waals surface area contributed by atoms with Crippen LogP contribution in [0.4, 0.5) is 0 Å². The van der Waals surface area contributed by atoms with Gasteiger partial charge in [-0.25, -0.2) is 4.79 Å². The van der Waals surface area contributed by atoms with Gasteiger partial charge < -0.3 is 14.9 Å². The van der Waals surface area contributed by atoms with Crippen molar-refractivity contribution < 1.29 is 24.5 Å². The number of ketones is 1. The van der Waals surface area contributed by atoms with Crippen LogP contribution in [-0.2, 0) is 14.3 Å². The number of Topliss-reactive ketones (excluding diaryl/α,β-unsaturated/α-hetero) is 1. The molecule has 0 aromatic rings. The van der Waals surface area contributed by atoms with E-state index in [2.05, 4.69) is 20.7 Å². The Morgan fingerprint density at radius 3 is 2.50 bits per heavy atom. The molecule has 0 radical (unpaired) electrons. The molecule has 1 aliphatic heterocycles. The predicted molar refractivity (Wildman–Crippen MR) is 40.7 cm³/mol. The lowest BCUT2D eigenvalue weighted by molar-refractivity contribution is -0.150. The van der Waals surface area contributed by atoms with Crippen LogP contribution in [0.2, 0.25) is 0 Å². The highest BCUT2D eigenvalue weighted by Crippen LogP contribution is 2.16. The number of hydrogen-bond acceptors (Lipinski definition) is 5. The molecule has 0 aliphatic carbocycles. The lowest BCUT2D eigenvalue weighted by atomic mass is 10.1. The van der Waals surface area contributed by atoms with Gasteiger partial charge in [0.15, 0.2) is 12.2 Å². The number of rotatable bonds is 2. The summed E-state index contributed by atoms with van der Waals surface area (Å²) in [5, 5.41) is 18.3. The zero-order valence-corrected chi connectivity index (χ0v) is 7.52. The van der Waals surface area contributed by atoms with Gasteiger partial charge in [0.25, 0.3) is 5.78 Å². The minimum Gasteiger partial charge on any atom is -0.450 e. The van der Waals surface area contributed by atoms with Crippen LogP contribution in [0, 0.1) is 0 Å². The van der Waals surface area contributed by atoms with Gasteiger partial charge in [0.2, 0.25) is 0 Å². The lowest BCUT2D eigenvalue weighted by Gasteiger charge is -2.15. The third-order valence-electron chi connectivity index (χ3n) is 1.56. The van der Waals surface area contributed by atoms with Crippen molar-refractivity contribution in [2.75, 3.05) is 5.33 Å². The predicted octanol–water partition coefficient (Wildman–Crippen LogP) is -1.40. The van der Waals surface area contributed by atoms with Crippen LogP contribution in [0.15, 0.2) is 0 Å². The Kier molecular flexibility index (Phi) is 2.81. The summed E-state index contributed by atoms with van der Waals surface area (Å²) in [6.45, 7) is 0. The molecule has 1 fully saturated rings. The van der Waals surface area contributed by atoms with Crippen LogP contribution in [0.3, 0.4) is 0 Å². The molecule has 1 heterocycles. The van der Waals surface area contributed by atoms with Crippen molar-refractivity contribution in [3.63, 3.8) is 0 Å². The van der Waals surface area contributed by atoms with Crippen molar-refractivity contribution in [3.8, 4) is 0 Å². The zero-order valence-electron chi connectivity index (χ0n) is 5.94. The molecule has 5 nitrogen and oxygen atoms in total. The van der Waals surface area contributed by atoms with Crippen LogP contribution in [0.25, 0.3) is 0 Å². The van der Waals surface area contributed by atoms with Crippen molar-refractivity contribution in [2.45, 2.75) is 18.3 Å². The smallest absolute Gasteiger partial charge is 0.378 e. The zero-order chi connectivity index (χ0) is 9.30. The molecule has 0 bridgehead atoms. The molecule has 3 atom stereocenters. The van der Waals surface area contributed by atoms with Crippen molar-refractivity contribution >= 4 is 27.7 Å². The van der Waals surface area contributed by atoms with Gasteiger partial charge in [-0.3, -0.25) is 4.79 Å². The fourth-order valence-corrected chi connectivity index (χ4v) is 1.26. The SMILES string of the molecule is O=C1OC(C(O)CBr)C(O)C1=O. The number of ether oxygens (including phenoxy) is 1. The minimum absolute atomic E-state index is 0.134. The average molecular weight is 239 g/mol. The van der Waals surface area contributed by atoms with Gasteiger partial charge in [0.1, 0.15) is 6.10 Å². The number of hydrogen-bond donors (Lipinski definition) is 2. The molecule has 0 amide bonds. The molecule has 68 valence electrons. The highest BCUT2D eigenvalue weighted by molar-refractivity contribution is 9.09. The Hall–Kier alpha value is -0.460. The molecule has 0 aromatic carbocycles. The van der Waals surface area contributed by atoms with E-state index >= 15 is 0 Å². The molecule has 1 aliphatic rings. The third kappa shape index (κ3) is 1.50. The van der Waals surface area contributed by atoms with E-state index in [-0.39, 0.29) is 5.33 Å². The molecule has 6 heteroatoms. The second kappa shape index (κ2) is 3.51. The summed E-state index contributed by atoms with van der Waals surface area (Å²) in [6.07, 6.45) is -3.73. The average Bonchev–Trinajstić information content (AvgIpc) is 2.32. The summed E-state index contributed by atoms with van der Waals surface area (Å²) in [5.74, 6) is -2.09. The fraction of sp³-hybridized carbons (Fsp3) is 0.667. The van der Waals surface area contributed by atoms with Gasteiger partial charge in [-0.1, -0.05) is 15.9 Å². The molecular weight excluding hydrogens is 232 g/mol. The van der Waals surface area contributed by atoms with Crippen molar-refractivity contribution in [1.82, 2.24) is 0 Å². The maximum absolute atomic E-state index is 10.7.